The van der Waals surface area contributed by atoms with Gasteiger partial charge in [0.2, 0.25) is 0 Å². The molecule has 1 heterocycles. The zero-order valence-corrected chi connectivity index (χ0v) is 11.4. The molecule has 18 heavy (non-hydrogen) atoms. The van der Waals surface area contributed by atoms with Gasteiger partial charge in [-0.2, -0.15) is 0 Å². The van der Waals surface area contributed by atoms with Gasteiger partial charge in [0.05, 0.1) is 5.01 Å². The summed E-state index contributed by atoms with van der Waals surface area (Å²) in [7, 11) is 0. The van der Waals surface area contributed by atoms with E-state index in [0.717, 1.165) is 22.7 Å². The Hall–Kier alpha value is -1.26. The molecule has 0 saturated heterocycles. The number of thiazole rings is 1. The van der Waals surface area contributed by atoms with E-state index in [9.17, 15) is 4.39 Å². The van der Waals surface area contributed by atoms with Crippen LogP contribution >= 0.6 is 11.3 Å². The lowest BCUT2D eigenvalue weighted by atomic mass is 10.1. The molecule has 0 aliphatic carbocycles. The molecule has 2 nitrogen and oxygen atoms in total. The van der Waals surface area contributed by atoms with Gasteiger partial charge in [0.15, 0.2) is 0 Å². The molecule has 4 heteroatoms. The Morgan fingerprint density at radius 2 is 2.28 bits per heavy atom. The van der Waals surface area contributed by atoms with Crippen molar-refractivity contribution in [2.45, 2.75) is 26.3 Å². The summed E-state index contributed by atoms with van der Waals surface area (Å²) in [6.07, 6.45) is 1.83. The molecule has 0 spiro atoms. The van der Waals surface area contributed by atoms with E-state index in [1.54, 1.807) is 17.4 Å². The summed E-state index contributed by atoms with van der Waals surface area (Å²) in [5.41, 5.74) is 2.13. The standard InChI is InChI=1S/C14H17FN2S/c1-10-3-4-13(15)7-12(10)9-16-8-11(2)14-17-5-6-18-14/h3-7,11,16H,8-9H2,1-2H3. The van der Waals surface area contributed by atoms with Gasteiger partial charge in [-0.15, -0.1) is 11.3 Å². The van der Waals surface area contributed by atoms with Crippen LogP contribution < -0.4 is 5.32 Å². The number of nitrogens with zero attached hydrogens (tertiary/aromatic N) is 1. The smallest absolute Gasteiger partial charge is 0.123 e. The summed E-state index contributed by atoms with van der Waals surface area (Å²) >= 11 is 1.67. The fourth-order valence-corrected chi connectivity index (χ4v) is 2.52. The molecule has 96 valence electrons. The van der Waals surface area contributed by atoms with Gasteiger partial charge in [-0.1, -0.05) is 13.0 Å². The molecule has 0 fully saturated rings. The lowest BCUT2D eigenvalue weighted by Gasteiger charge is -2.11. The molecule has 0 bridgehead atoms. The molecule has 0 saturated carbocycles. The number of aryl methyl sites for hydroxylation is 1. The van der Waals surface area contributed by atoms with Gasteiger partial charge in [-0.25, -0.2) is 9.37 Å². The normalized spacial score (nSPS) is 12.6. The van der Waals surface area contributed by atoms with E-state index in [4.69, 9.17) is 0 Å². The first-order valence-electron chi connectivity index (χ1n) is 6.02. The highest BCUT2D eigenvalue weighted by atomic mass is 32.1. The van der Waals surface area contributed by atoms with Gasteiger partial charge in [0, 0.05) is 30.6 Å². The van der Waals surface area contributed by atoms with Gasteiger partial charge < -0.3 is 5.32 Å². The highest BCUT2D eigenvalue weighted by Crippen LogP contribution is 2.17. The number of hydrogen-bond donors (Lipinski definition) is 1. The number of aromatic nitrogens is 1. The molecule has 1 aromatic carbocycles. The van der Waals surface area contributed by atoms with Crippen molar-refractivity contribution < 1.29 is 4.39 Å². The van der Waals surface area contributed by atoms with Crippen molar-refractivity contribution in [1.29, 1.82) is 0 Å². The Labute approximate surface area is 111 Å². The lowest BCUT2D eigenvalue weighted by Crippen LogP contribution is -2.20. The van der Waals surface area contributed by atoms with Crippen molar-refractivity contribution in [3.05, 3.63) is 51.7 Å². The molecule has 1 N–H and O–H groups in total. The highest BCUT2D eigenvalue weighted by Gasteiger charge is 2.08. The predicted octanol–water partition coefficient (Wildman–Crippen LogP) is 3.48. The van der Waals surface area contributed by atoms with Crippen LogP contribution in [-0.4, -0.2) is 11.5 Å². The minimum absolute atomic E-state index is 0.176. The van der Waals surface area contributed by atoms with Crippen molar-refractivity contribution in [1.82, 2.24) is 10.3 Å². The maximum absolute atomic E-state index is 13.1. The van der Waals surface area contributed by atoms with Gasteiger partial charge in [-0.05, 0) is 30.2 Å². The third-order valence-electron chi connectivity index (χ3n) is 2.95. The van der Waals surface area contributed by atoms with Crippen LogP contribution in [0.4, 0.5) is 4.39 Å². The fourth-order valence-electron chi connectivity index (χ4n) is 1.82. The van der Waals surface area contributed by atoms with E-state index < -0.39 is 0 Å². The molecule has 0 radical (unpaired) electrons. The maximum Gasteiger partial charge on any atom is 0.123 e. The zero-order chi connectivity index (χ0) is 13.0. The first-order valence-corrected chi connectivity index (χ1v) is 6.90. The zero-order valence-electron chi connectivity index (χ0n) is 10.6. The van der Waals surface area contributed by atoms with Crippen LogP contribution in [0.15, 0.2) is 29.8 Å². The van der Waals surface area contributed by atoms with E-state index in [-0.39, 0.29) is 5.82 Å². The number of rotatable bonds is 5. The van der Waals surface area contributed by atoms with Crippen LogP contribution in [0.2, 0.25) is 0 Å². The van der Waals surface area contributed by atoms with E-state index in [2.05, 4.69) is 17.2 Å². The second-order valence-corrected chi connectivity index (χ2v) is 5.40. The molecule has 1 aromatic heterocycles. The second-order valence-electron chi connectivity index (χ2n) is 4.47. The van der Waals surface area contributed by atoms with Gasteiger partial charge >= 0.3 is 0 Å². The number of hydrogen-bond acceptors (Lipinski definition) is 3. The van der Waals surface area contributed by atoms with Gasteiger partial charge in [0.25, 0.3) is 0 Å². The van der Waals surface area contributed by atoms with E-state index in [1.165, 1.54) is 6.07 Å². The van der Waals surface area contributed by atoms with Gasteiger partial charge in [-0.3, -0.25) is 0 Å². The molecular formula is C14H17FN2S. The predicted molar refractivity (Wildman–Crippen MR) is 73.4 cm³/mol. The average Bonchev–Trinajstić information content (AvgIpc) is 2.87. The van der Waals surface area contributed by atoms with Crippen LogP contribution in [0, 0.1) is 12.7 Å². The molecule has 1 unspecified atom stereocenters. The molecule has 2 rings (SSSR count). The Balaban J connectivity index is 1.87. The number of halogens is 1. The van der Waals surface area contributed by atoms with Crippen molar-refractivity contribution in [2.75, 3.05) is 6.54 Å². The lowest BCUT2D eigenvalue weighted by molar-refractivity contribution is 0.599. The molecular weight excluding hydrogens is 247 g/mol. The minimum atomic E-state index is -0.176. The van der Waals surface area contributed by atoms with Crippen LogP contribution in [-0.2, 0) is 6.54 Å². The molecule has 2 aromatic rings. The summed E-state index contributed by atoms with van der Waals surface area (Å²) in [6.45, 7) is 5.69. The molecule has 0 aliphatic rings. The Bertz CT molecular complexity index is 497. The van der Waals surface area contributed by atoms with Crippen LogP contribution in [0.1, 0.15) is 29.0 Å². The first-order chi connectivity index (χ1) is 8.66. The molecule has 0 aliphatic heterocycles. The summed E-state index contributed by atoms with van der Waals surface area (Å²) in [4.78, 5) is 4.29. The molecule has 1 atom stereocenters. The number of benzene rings is 1. The van der Waals surface area contributed by atoms with Crippen LogP contribution in [0.5, 0.6) is 0 Å². The third-order valence-corrected chi connectivity index (χ3v) is 3.96. The first kappa shape index (κ1) is 13.2. The largest absolute Gasteiger partial charge is 0.312 e. The Morgan fingerprint density at radius 3 is 3.00 bits per heavy atom. The van der Waals surface area contributed by atoms with Gasteiger partial charge in [0.1, 0.15) is 5.82 Å². The van der Waals surface area contributed by atoms with Crippen molar-refractivity contribution >= 4 is 11.3 Å². The van der Waals surface area contributed by atoms with E-state index in [1.807, 2.05) is 24.6 Å². The maximum atomic E-state index is 13.1. The quantitative estimate of drug-likeness (QED) is 0.894. The van der Waals surface area contributed by atoms with E-state index in [0.29, 0.717) is 12.5 Å². The van der Waals surface area contributed by atoms with Crippen molar-refractivity contribution in [3.8, 4) is 0 Å². The Morgan fingerprint density at radius 1 is 1.44 bits per heavy atom. The molecule has 0 amide bonds. The monoisotopic (exact) mass is 264 g/mol. The summed E-state index contributed by atoms with van der Waals surface area (Å²) < 4.78 is 13.1. The topological polar surface area (TPSA) is 24.9 Å². The minimum Gasteiger partial charge on any atom is -0.312 e. The average molecular weight is 264 g/mol. The van der Waals surface area contributed by atoms with Crippen molar-refractivity contribution in [2.24, 2.45) is 0 Å². The summed E-state index contributed by atoms with van der Waals surface area (Å²) in [6, 6.07) is 4.91. The number of nitrogens with one attached hydrogen (secondary N) is 1. The highest BCUT2D eigenvalue weighted by molar-refractivity contribution is 7.09. The summed E-state index contributed by atoms with van der Waals surface area (Å²) in [5.74, 6) is 0.212. The van der Waals surface area contributed by atoms with Crippen LogP contribution in [0.25, 0.3) is 0 Å². The van der Waals surface area contributed by atoms with Crippen molar-refractivity contribution in [3.63, 3.8) is 0 Å². The Kier molecular flexibility index (Phi) is 4.44. The van der Waals surface area contributed by atoms with Crippen LogP contribution in [0.3, 0.4) is 0 Å². The summed E-state index contributed by atoms with van der Waals surface area (Å²) in [5, 5.41) is 6.48. The third kappa shape index (κ3) is 3.37. The van der Waals surface area contributed by atoms with E-state index >= 15 is 0 Å². The SMILES string of the molecule is Cc1ccc(F)cc1CNCC(C)c1nccs1. The second kappa shape index (κ2) is 6.07. The fraction of sp³-hybridized carbons (Fsp3) is 0.357.